The first-order chi connectivity index (χ1) is 13.2. The van der Waals surface area contributed by atoms with Crippen molar-refractivity contribution in [2.45, 2.75) is 12.0 Å². The van der Waals surface area contributed by atoms with Crippen molar-refractivity contribution in [1.29, 1.82) is 0 Å². The molecule has 0 radical (unpaired) electrons. The molecule has 5 heteroatoms. The minimum Gasteiger partial charge on any atom is -0.369 e. The van der Waals surface area contributed by atoms with Gasteiger partial charge in [-0.2, -0.15) is 0 Å². The maximum atomic E-state index is 13.6. The predicted molar refractivity (Wildman–Crippen MR) is 105 cm³/mol. The largest absolute Gasteiger partial charge is 0.369 e. The molecule has 2 aromatic carbocycles. The van der Waals surface area contributed by atoms with E-state index in [-0.39, 0.29) is 11.9 Å². The summed E-state index contributed by atoms with van der Waals surface area (Å²) in [5, 5.41) is 0. The second-order valence-corrected chi connectivity index (χ2v) is 6.44. The van der Waals surface area contributed by atoms with Gasteiger partial charge >= 0.3 is 0 Å². The summed E-state index contributed by atoms with van der Waals surface area (Å²) >= 11 is 0. The van der Waals surface area contributed by atoms with Gasteiger partial charge in [0.05, 0.1) is 0 Å². The van der Waals surface area contributed by atoms with Crippen LogP contribution in [-0.2, 0) is 16.8 Å². The molecule has 0 saturated heterocycles. The van der Waals surface area contributed by atoms with E-state index in [0.717, 1.165) is 16.8 Å². The van der Waals surface area contributed by atoms with Crippen LogP contribution in [0.4, 0.5) is 0 Å². The summed E-state index contributed by atoms with van der Waals surface area (Å²) in [5.41, 5.74) is 7.61. The number of amides is 1. The fourth-order valence-corrected chi connectivity index (χ4v) is 3.47. The lowest BCUT2D eigenvalue weighted by Crippen LogP contribution is -2.44. The SMILES string of the molecule is NC1=NC(c2ccccc2)(c2ccccc2)C(=O)N1CCc1ccccn1. The number of benzene rings is 2. The Labute approximate surface area is 158 Å². The number of hydrogen-bond acceptors (Lipinski definition) is 4. The monoisotopic (exact) mass is 356 g/mol. The smallest absolute Gasteiger partial charge is 0.266 e. The van der Waals surface area contributed by atoms with Crippen molar-refractivity contribution in [3.05, 3.63) is 102 Å². The van der Waals surface area contributed by atoms with Crippen LogP contribution in [0.25, 0.3) is 0 Å². The Morgan fingerprint density at radius 3 is 2.00 bits per heavy atom. The Balaban J connectivity index is 1.72. The lowest BCUT2D eigenvalue weighted by Gasteiger charge is -2.27. The van der Waals surface area contributed by atoms with Crippen LogP contribution in [0, 0.1) is 0 Å². The molecule has 134 valence electrons. The Bertz CT molecular complexity index is 916. The van der Waals surface area contributed by atoms with E-state index >= 15 is 0 Å². The van der Waals surface area contributed by atoms with Crippen LogP contribution in [0.5, 0.6) is 0 Å². The fraction of sp³-hybridized carbons (Fsp3) is 0.136. The summed E-state index contributed by atoms with van der Waals surface area (Å²) in [6, 6.07) is 24.9. The molecule has 0 atom stereocenters. The van der Waals surface area contributed by atoms with Crippen LogP contribution in [0.15, 0.2) is 90.1 Å². The molecule has 0 unspecified atom stereocenters. The maximum Gasteiger partial charge on any atom is 0.266 e. The summed E-state index contributed by atoms with van der Waals surface area (Å²) in [7, 11) is 0. The lowest BCUT2D eigenvalue weighted by molar-refractivity contribution is -0.130. The van der Waals surface area contributed by atoms with Crippen LogP contribution in [0.3, 0.4) is 0 Å². The Morgan fingerprint density at radius 2 is 1.44 bits per heavy atom. The number of nitrogens with two attached hydrogens (primary N) is 1. The van der Waals surface area contributed by atoms with Gasteiger partial charge in [-0.25, -0.2) is 4.99 Å². The molecule has 4 rings (SSSR count). The molecular weight excluding hydrogens is 336 g/mol. The third-order valence-corrected chi connectivity index (χ3v) is 4.81. The van der Waals surface area contributed by atoms with Crippen molar-refractivity contribution in [1.82, 2.24) is 9.88 Å². The summed E-state index contributed by atoms with van der Waals surface area (Å²) in [6.07, 6.45) is 2.36. The molecule has 0 aliphatic carbocycles. The van der Waals surface area contributed by atoms with E-state index in [1.54, 1.807) is 11.1 Å². The van der Waals surface area contributed by atoms with E-state index in [2.05, 4.69) is 9.98 Å². The van der Waals surface area contributed by atoms with E-state index < -0.39 is 5.54 Å². The summed E-state index contributed by atoms with van der Waals surface area (Å²) in [5.74, 6) is 0.108. The van der Waals surface area contributed by atoms with Gasteiger partial charge in [-0.3, -0.25) is 14.7 Å². The molecule has 1 amide bonds. The molecule has 1 aromatic heterocycles. The van der Waals surface area contributed by atoms with Crippen molar-refractivity contribution < 1.29 is 4.79 Å². The topological polar surface area (TPSA) is 71.6 Å². The molecule has 0 spiro atoms. The van der Waals surface area contributed by atoms with E-state index in [0.29, 0.717) is 13.0 Å². The minimum atomic E-state index is -1.14. The third-order valence-electron chi connectivity index (χ3n) is 4.81. The van der Waals surface area contributed by atoms with E-state index in [1.165, 1.54) is 0 Å². The average Bonchev–Trinajstić information content (AvgIpc) is 2.99. The Hall–Kier alpha value is -3.47. The highest BCUT2D eigenvalue weighted by Gasteiger charge is 2.50. The molecule has 0 saturated carbocycles. The Morgan fingerprint density at radius 1 is 0.852 bits per heavy atom. The average molecular weight is 356 g/mol. The van der Waals surface area contributed by atoms with Gasteiger partial charge < -0.3 is 5.73 Å². The molecule has 0 fully saturated rings. The summed E-state index contributed by atoms with van der Waals surface area (Å²) in [6.45, 7) is 0.437. The van der Waals surface area contributed by atoms with Crippen LogP contribution >= 0.6 is 0 Å². The summed E-state index contributed by atoms with van der Waals surface area (Å²) < 4.78 is 0. The van der Waals surface area contributed by atoms with Gasteiger partial charge in [-0.05, 0) is 23.3 Å². The molecule has 1 aliphatic heterocycles. The minimum absolute atomic E-state index is 0.131. The molecule has 27 heavy (non-hydrogen) atoms. The standard InChI is InChI=1S/C22H20N4O/c23-21-25-22(17-9-3-1-4-10-17,18-11-5-2-6-12-18)20(27)26(21)16-14-19-13-7-8-15-24-19/h1-13,15H,14,16H2,(H2,23,25). The highest BCUT2D eigenvalue weighted by molar-refractivity contribution is 6.09. The number of guanidine groups is 1. The molecule has 0 bridgehead atoms. The molecule has 3 aromatic rings. The van der Waals surface area contributed by atoms with Gasteiger partial charge in [-0.1, -0.05) is 66.7 Å². The first-order valence-corrected chi connectivity index (χ1v) is 8.90. The quantitative estimate of drug-likeness (QED) is 0.764. The van der Waals surface area contributed by atoms with Crippen LogP contribution in [0.2, 0.25) is 0 Å². The normalized spacial score (nSPS) is 15.6. The van der Waals surface area contributed by atoms with Gasteiger partial charge in [-0.15, -0.1) is 0 Å². The predicted octanol–water partition coefficient (Wildman–Crippen LogP) is 2.72. The van der Waals surface area contributed by atoms with Gasteiger partial charge in [0.2, 0.25) is 0 Å². The fourth-order valence-electron chi connectivity index (χ4n) is 3.47. The van der Waals surface area contributed by atoms with Crippen molar-refractivity contribution in [2.24, 2.45) is 10.7 Å². The number of hydrogen-bond donors (Lipinski definition) is 1. The third kappa shape index (κ3) is 2.97. The van der Waals surface area contributed by atoms with E-state index in [1.807, 2.05) is 78.9 Å². The van der Waals surface area contributed by atoms with Crippen LogP contribution in [0.1, 0.15) is 16.8 Å². The Kier molecular flexibility index (Phi) is 4.42. The highest BCUT2D eigenvalue weighted by Crippen LogP contribution is 2.39. The van der Waals surface area contributed by atoms with Crippen LogP contribution in [-0.4, -0.2) is 28.3 Å². The lowest BCUT2D eigenvalue weighted by atomic mass is 9.83. The second kappa shape index (κ2) is 7.03. The number of pyridine rings is 1. The zero-order valence-corrected chi connectivity index (χ0v) is 14.8. The first kappa shape index (κ1) is 17.0. The number of aromatic nitrogens is 1. The van der Waals surface area contributed by atoms with Gasteiger partial charge in [0, 0.05) is 24.9 Å². The van der Waals surface area contributed by atoms with Crippen LogP contribution < -0.4 is 5.73 Å². The van der Waals surface area contributed by atoms with Gasteiger partial charge in [0.1, 0.15) is 0 Å². The van der Waals surface area contributed by atoms with E-state index in [4.69, 9.17) is 5.73 Å². The number of carbonyl (C=O) groups is 1. The zero-order valence-electron chi connectivity index (χ0n) is 14.8. The summed E-state index contributed by atoms with van der Waals surface area (Å²) in [4.78, 5) is 24.1. The number of rotatable bonds is 5. The second-order valence-electron chi connectivity index (χ2n) is 6.44. The van der Waals surface area contributed by atoms with Gasteiger partial charge in [0.25, 0.3) is 5.91 Å². The number of carbonyl (C=O) groups excluding carboxylic acids is 1. The zero-order chi connectivity index (χ0) is 18.7. The van der Waals surface area contributed by atoms with Crippen molar-refractivity contribution in [2.75, 3.05) is 6.54 Å². The van der Waals surface area contributed by atoms with E-state index in [9.17, 15) is 4.79 Å². The first-order valence-electron chi connectivity index (χ1n) is 8.90. The van der Waals surface area contributed by atoms with Crippen molar-refractivity contribution in [3.63, 3.8) is 0 Å². The molecular formula is C22H20N4O. The molecule has 2 heterocycles. The molecule has 5 nitrogen and oxygen atoms in total. The molecule has 1 aliphatic rings. The van der Waals surface area contributed by atoms with Crippen molar-refractivity contribution >= 4 is 11.9 Å². The van der Waals surface area contributed by atoms with Gasteiger partial charge in [0.15, 0.2) is 11.5 Å². The number of aliphatic imine (C=N–C) groups is 1. The number of nitrogens with zero attached hydrogens (tertiary/aromatic N) is 3. The maximum absolute atomic E-state index is 13.6. The highest BCUT2D eigenvalue weighted by atomic mass is 16.2. The molecule has 2 N–H and O–H groups in total. The van der Waals surface area contributed by atoms with Crippen molar-refractivity contribution in [3.8, 4) is 0 Å².